The summed E-state index contributed by atoms with van der Waals surface area (Å²) >= 11 is 1.18. The van der Waals surface area contributed by atoms with Gasteiger partial charge in [0.25, 0.3) is 0 Å². The Bertz CT molecular complexity index is 463. The van der Waals surface area contributed by atoms with Gasteiger partial charge in [0.15, 0.2) is 5.12 Å². The molecule has 0 atom stereocenters. The van der Waals surface area contributed by atoms with Gasteiger partial charge < -0.3 is 0 Å². The molecule has 0 saturated carbocycles. The number of nitrogens with zero attached hydrogens (tertiary/aromatic N) is 1. The summed E-state index contributed by atoms with van der Waals surface area (Å²) in [5, 5.41) is 8.68. The van der Waals surface area contributed by atoms with Gasteiger partial charge in [0.05, 0.1) is 11.6 Å². The smallest absolute Gasteiger partial charge is 0.186 e. The van der Waals surface area contributed by atoms with Gasteiger partial charge in [-0.2, -0.15) is 5.26 Å². The van der Waals surface area contributed by atoms with E-state index in [0.29, 0.717) is 16.9 Å². The van der Waals surface area contributed by atoms with Crippen LogP contribution in [0.2, 0.25) is 0 Å². The van der Waals surface area contributed by atoms with Crippen molar-refractivity contribution >= 4 is 23.0 Å². The molecule has 0 amide bonds. The molecule has 1 aromatic carbocycles. The molecule has 4 heteroatoms. The molecule has 0 bridgehead atoms. The number of carbonyl (C=O) groups is 1. The normalized spacial score (nSPS) is 10.3. The van der Waals surface area contributed by atoms with Crippen molar-refractivity contribution in [1.82, 2.24) is 0 Å². The van der Waals surface area contributed by atoms with Crippen LogP contribution >= 0.6 is 11.8 Å². The van der Waals surface area contributed by atoms with E-state index in [0.717, 1.165) is 0 Å². The lowest BCUT2D eigenvalue weighted by Crippen LogP contribution is -1.84. The maximum atomic E-state index is 13.0. The summed E-state index contributed by atoms with van der Waals surface area (Å²) in [6.07, 6.45) is 3.46. The Balaban J connectivity index is 2.70. The number of hydrogen-bond donors (Lipinski definition) is 0. The molecule has 0 fully saturated rings. The van der Waals surface area contributed by atoms with Crippen LogP contribution in [0.1, 0.15) is 18.1 Å². The Morgan fingerprint density at radius 1 is 1.56 bits per heavy atom. The number of hydrogen-bond acceptors (Lipinski definition) is 3. The van der Waals surface area contributed by atoms with Gasteiger partial charge in [0, 0.05) is 12.7 Å². The molecule has 82 valence electrons. The van der Waals surface area contributed by atoms with Crippen LogP contribution in [0.15, 0.2) is 24.3 Å². The average Bonchev–Trinajstić information content (AvgIpc) is 2.23. The predicted molar refractivity (Wildman–Crippen MR) is 63.3 cm³/mol. The van der Waals surface area contributed by atoms with Gasteiger partial charge >= 0.3 is 0 Å². The van der Waals surface area contributed by atoms with Crippen molar-refractivity contribution in [3.8, 4) is 6.07 Å². The monoisotopic (exact) mass is 235 g/mol. The Morgan fingerprint density at radius 3 is 2.94 bits per heavy atom. The molecule has 1 aromatic rings. The van der Waals surface area contributed by atoms with Crippen molar-refractivity contribution in [3.05, 3.63) is 41.2 Å². The van der Waals surface area contributed by atoms with Gasteiger partial charge in [0.2, 0.25) is 0 Å². The maximum Gasteiger partial charge on any atom is 0.186 e. The van der Waals surface area contributed by atoms with Crippen LogP contribution in [0.4, 0.5) is 4.39 Å². The van der Waals surface area contributed by atoms with E-state index in [9.17, 15) is 9.18 Å². The zero-order valence-corrected chi connectivity index (χ0v) is 9.55. The molecule has 0 saturated heterocycles. The molecule has 0 heterocycles. The zero-order valence-electron chi connectivity index (χ0n) is 8.74. The van der Waals surface area contributed by atoms with Crippen LogP contribution < -0.4 is 0 Å². The summed E-state index contributed by atoms with van der Waals surface area (Å²) in [7, 11) is 0. The van der Waals surface area contributed by atoms with Gasteiger partial charge in [0.1, 0.15) is 5.82 Å². The minimum absolute atomic E-state index is 0.0432. The minimum atomic E-state index is -0.432. The van der Waals surface area contributed by atoms with Gasteiger partial charge in [-0.3, -0.25) is 4.79 Å². The standard InChI is InChI=1S/C12H10FNOS/c1-9(15)16-4-2-3-10-5-11(8-14)7-12(13)6-10/h2-3,5-7H,4H2,1H3. The number of nitriles is 1. The van der Waals surface area contributed by atoms with Crippen molar-refractivity contribution in [1.29, 1.82) is 5.26 Å². The maximum absolute atomic E-state index is 13.0. The first-order chi connectivity index (χ1) is 7.61. The lowest BCUT2D eigenvalue weighted by atomic mass is 10.1. The Labute approximate surface area is 97.8 Å². The summed E-state index contributed by atoms with van der Waals surface area (Å²) in [5.41, 5.74) is 0.916. The Hall–Kier alpha value is -1.60. The van der Waals surface area contributed by atoms with Crippen LogP contribution in [-0.2, 0) is 4.79 Å². The Kier molecular flexibility index (Phi) is 4.74. The average molecular weight is 235 g/mol. The number of carbonyl (C=O) groups excluding carboxylic acids is 1. The second-order valence-corrected chi connectivity index (χ2v) is 4.29. The molecule has 0 unspecified atom stereocenters. The third-order valence-corrected chi connectivity index (χ3v) is 2.51. The number of benzene rings is 1. The second-order valence-electron chi connectivity index (χ2n) is 3.09. The summed E-state index contributed by atoms with van der Waals surface area (Å²) in [6.45, 7) is 1.49. The zero-order chi connectivity index (χ0) is 12.0. The second kappa shape index (κ2) is 6.09. The van der Waals surface area contributed by atoms with Crippen molar-refractivity contribution < 1.29 is 9.18 Å². The molecule has 16 heavy (non-hydrogen) atoms. The lowest BCUT2D eigenvalue weighted by molar-refractivity contribution is -0.109. The minimum Gasteiger partial charge on any atom is -0.288 e. The number of halogens is 1. The fraction of sp³-hybridized carbons (Fsp3) is 0.167. The van der Waals surface area contributed by atoms with Gasteiger partial charge in [-0.05, 0) is 23.8 Å². The highest BCUT2D eigenvalue weighted by molar-refractivity contribution is 8.13. The Morgan fingerprint density at radius 2 is 2.31 bits per heavy atom. The summed E-state index contributed by atoms with van der Waals surface area (Å²) in [4.78, 5) is 10.6. The summed E-state index contributed by atoms with van der Waals surface area (Å²) in [6, 6.07) is 6.00. The first-order valence-corrected chi connectivity index (χ1v) is 5.61. The van der Waals surface area contributed by atoms with Crippen molar-refractivity contribution in [2.24, 2.45) is 0 Å². The summed E-state index contributed by atoms with van der Waals surface area (Å²) < 4.78 is 13.0. The molecule has 0 radical (unpaired) electrons. The van der Waals surface area contributed by atoms with Crippen molar-refractivity contribution in [2.45, 2.75) is 6.92 Å². The van der Waals surface area contributed by atoms with E-state index in [2.05, 4.69) is 0 Å². The van der Waals surface area contributed by atoms with Crippen LogP contribution in [0.3, 0.4) is 0 Å². The summed E-state index contributed by atoms with van der Waals surface area (Å²) in [5.74, 6) is 0.117. The molecule has 0 aliphatic carbocycles. The topological polar surface area (TPSA) is 40.9 Å². The van der Waals surface area contributed by atoms with Crippen molar-refractivity contribution in [2.75, 3.05) is 5.75 Å². The molecule has 0 N–H and O–H groups in total. The van der Waals surface area contributed by atoms with Gasteiger partial charge in [-0.1, -0.05) is 23.9 Å². The largest absolute Gasteiger partial charge is 0.288 e. The van der Waals surface area contributed by atoms with Crippen LogP contribution in [0.25, 0.3) is 6.08 Å². The van der Waals surface area contributed by atoms with Crippen LogP contribution in [0, 0.1) is 17.1 Å². The molecular weight excluding hydrogens is 225 g/mol. The SMILES string of the molecule is CC(=O)SCC=Cc1cc(F)cc(C#N)c1. The van der Waals surface area contributed by atoms with E-state index in [4.69, 9.17) is 5.26 Å². The first kappa shape index (κ1) is 12.5. The van der Waals surface area contributed by atoms with Gasteiger partial charge in [-0.15, -0.1) is 0 Å². The molecule has 0 spiro atoms. The lowest BCUT2D eigenvalue weighted by Gasteiger charge is -1.96. The quantitative estimate of drug-likeness (QED) is 0.808. The molecule has 0 aliphatic heterocycles. The third kappa shape index (κ3) is 4.28. The van der Waals surface area contributed by atoms with Gasteiger partial charge in [-0.25, -0.2) is 4.39 Å². The number of thioether (sulfide) groups is 1. The highest BCUT2D eigenvalue weighted by Gasteiger charge is 1.97. The van der Waals surface area contributed by atoms with Crippen molar-refractivity contribution in [3.63, 3.8) is 0 Å². The first-order valence-electron chi connectivity index (χ1n) is 4.62. The highest BCUT2D eigenvalue weighted by Crippen LogP contribution is 2.11. The third-order valence-electron chi connectivity index (χ3n) is 1.74. The van der Waals surface area contributed by atoms with E-state index >= 15 is 0 Å². The molecule has 1 rings (SSSR count). The van der Waals surface area contributed by atoms with E-state index in [1.54, 1.807) is 18.2 Å². The fourth-order valence-corrected chi connectivity index (χ4v) is 1.55. The molecular formula is C12H10FNOS. The molecule has 0 aliphatic rings. The molecule has 0 aromatic heterocycles. The molecule has 2 nitrogen and oxygen atoms in total. The van der Waals surface area contributed by atoms with E-state index in [-0.39, 0.29) is 5.12 Å². The van der Waals surface area contributed by atoms with E-state index in [1.807, 2.05) is 6.07 Å². The van der Waals surface area contributed by atoms with Crippen LogP contribution in [-0.4, -0.2) is 10.9 Å². The highest BCUT2D eigenvalue weighted by atomic mass is 32.2. The number of rotatable bonds is 3. The fourth-order valence-electron chi connectivity index (χ4n) is 1.12. The van der Waals surface area contributed by atoms with E-state index < -0.39 is 5.82 Å². The van der Waals surface area contributed by atoms with E-state index in [1.165, 1.54) is 30.8 Å². The predicted octanol–water partition coefficient (Wildman–Crippen LogP) is 2.99. The van der Waals surface area contributed by atoms with Crippen LogP contribution in [0.5, 0.6) is 0 Å².